The van der Waals surface area contributed by atoms with E-state index in [0.717, 1.165) is 27.2 Å². The molecule has 4 aliphatic rings. The van der Waals surface area contributed by atoms with Gasteiger partial charge in [-0.1, -0.05) is 66.7 Å². The molecule has 46 heavy (non-hydrogen) atoms. The number of carbonyl (C=O) groups excluding carboxylic acids is 3. The van der Waals surface area contributed by atoms with Gasteiger partial charge >= 0.3 is 0 Å². The number of nitrogens with zero attached hydrogens (tertiary/aromatic N) is 4. The maximum absolute atomic E-state index is 14.5. The van der Waals surface area contributed by atoms with Gasteiger partial charge in [0.25, 0.3) is 11.4 Å². The van der Waals surface area contributed by atoms with Gasteiger partial charge in [-0.25, -0.2) is 10.3 Å². The molecule has 8 rings (SSSR count). The molecule has 3 aliphatic carbocycles. The maximum Gasteiger partial charge on any atom is 0.293 e. The van der Waals surface area contributed by atoms with Crippen LogP contribution in [0.1, 0.15) is 39.3 Å². The third-order valence-corrected chi connectivity index (χ3v) is 9.22. The minimum Gasteiger partial charge on any atom is -0.274 e. The number of hydrogen-bond acceptors (Lipinski definition) is 8. The van der Waals surface area contributed by atoms with Crippen molar-refractivity contribution >= 4 is 41.0 Å². The molecule has 228 valence electrons. The van der Waals surface area contributed by atoms with Crippen LogP contribution in [0.3, 0.4) is 0 Å². The quantitative estimate of drug-likeness (QED) is 0.136. The van der Waals surface area contributed by atoms with Gasteiger partial charge in [0, 0.05) is 30.3 Å². The summed E-state index contributed by atoms with van der Waals surface area (Å²) in [6.45, 7) is 1.69. The van der Waals surface area contributed by atoms with Crippen LogP contribution in [0.2, 0.25) is 0 Å². The van der Waals surface area contributed by atoms with Gasteiger partial charge in [-0.05, 0) is 46.4 Å². The summed E-state index contributed by atoms with van der Waals surface area (Å²) in [6.07, 6.45) is 1.40. The molecule has 1 fully saturated rings. The standard InChI is InChI=1S/C34H25N5O7/c1-19-10-15-26(27(16-19)39(45)46)37-32(41)30-29-22-6-2-4-8-24(22)34(31(30)33(37)42,25-9-5-3-7-23(25)29)18-35-36-28(40)17-20-11-13-21(14-12-20)38(43)44/h2-16,18,29-31H,17H2,1H3,(H,36,40)/b35-18+. The molecule has 12 nitrogen and oxygen atoms in total. The molecule has 4 aromatic rings. The van der Waals surface area contributed by atoms with Crippen molar-refractivity contribution in [3.8, 4) is 0 Å². The molecule has 4 aromatic carbocycles. The molecule has 0 radical (unpaired) electrons. The number of amides is 3. The fourth-order valence-electron chi connectivity index (χ4n) is 7.42. The average molecular weight is 616 g/mol. The summed E-state index contributed by atoms with van der Waals surface area (Å²) in [6, 6.07) is 25.0. The summed E-state index contributed by atoms with van der Waals surface area (Å²) in [5.41, 5.74) is 5.07. The molecule has 1 saturated heterocycles. The van der Waals surface area contributed by atoms with Gasteiger partial charge in [0.2, 0.25) is 17.7 Å². The Labute approximate surface area is 261 Å². The van der Waals surface area contributed by atoms with Crippen LogP contribution in [0.25, 0.3) is 0 Å². The van der Waals surface area contributed by atoms with Gasteiger partial charge in [-0.15, -0.1) is 0 Å². The molecule has 0 aromatic heterocycles. The van der Waals surface area contributed by atoms with Crippen molar-refractivity contribution in [3.05, 3.63) is 145 Å². The molecule has 1 heterocycles. The monoisotopic (exact) mass is 615 g/mol. The number of carbonyl (C=O) groups is 3. The third kappa shape index (κ3) is 4.14. The molecule has 3 amide bonds. The van der Waals surface area contributed by atoms with Crippen LogP contribution in [0.15, 0.2) is 96.1 Å². The van der Waals surface area contributed by atoms with E-state index in [1.165, 1.54) is 42.6 Å². The predicted molar refractivity (Wildman–Crippen MR) is 166 cm³/mol. The van der Waals surface area contributed by atoms with E-state index in [9.17, 15) is 34.6 Å². The second-order valence-electron chi connectivity index (χ2n) is 11.7. The highest BCUT2D eigenvalue weighted by Gasteiger charge is 2.68. The van der Waals surface area contributed by atoms with Crippen LogP contribution in [0, 0.1) is 39.0 Å². The van der Waals surface area contributed by atoms with Gasteiger partial charge in [0.05, 0.1) is 33.5 Å². The number of non-ortho nitro benzene ring substituents is 1. The van der Waals surface area contributed by atoms with Crippen LogP contribution >= 0.6 is 0 Å². The van der Waals surface area contributed by atoms with Gasteiger partial charge in [-0.3, -0.25) is 34.6 Å². The van der Waals surface area contributed by atoms with Crippen LogP contribution in [-0.2, 0) is 26.2 Å². The lowest BCUT2D eigenvalue weighted by Gasteiger charge is -2.52. The zero-order valence-corrected chi connectivity index (χ0v) is 24.3. The van der Waals surface area contributed by atoms with E-state index in [1.807, 2.05) is 48.5 Å². The Kier molecular flexibility index (Phi) is 6.58. The molecule has 0 saturated carbocycles. The van der Waals surface area contributed by atoms with Gasteiger partial charge < -0.3 is 0 Å². The lowest BCUT2D eigenvalue weighted by atomic mass is 9.47. The Morgan fingerprint density at radius 1 is 0.891 bits per heavy atom. The molecule has 1 aliphatic heterocycles. The summed E-state index contributed by atoms with van der Waals surface area (Å²) < 4.78 is 0. The summed E-state index contributed by atoms with van der Waals surface area (Å²) in [4.78, 5) is 64.7. The number of nitro groups is 2. The number of benzene rings is 4. The van der Waals surface area contributed by atoms with E-state index in [4.69, 9.17) is 0 Å². The number of aryl methyl sites for hydroxylation is 1. The Balaban J connectivity index is 1.33. The number of hydrazone groups is 1. The van der Waals surface area contributed by atoms with Gasteiger partial charge in [0.15, 0.2) is 0 Å². The first-order chi connectivity index (χ1) is 22.1. The minimum atomic E-state index is -1.28. The smallest absolute Gasteiger partial charge is 0.274 e. The molecule has 0 spiro atoms. The van der Waals surface area contributed by atoms with E-state index in [-0.39, 0.29) is 23.5 Å². The second-order valence-corrected chi connectivity index (χ2v) is 11.7. The number of anilines is 1. The van der Waals surface area contributed by atoms with Crippen LogP contribution in [0.4, 0.5) is 17.1 Å². The number of nitro benzene ring substituents is 2. The average Bonchev–Trinajstić information content (AvgIpc) is 3.31. The van der Waals surface area contributed by atoms with Crippen LogP contribution in [0.5, 0.6) is 0 Å². The first-order valence-electron chi connectivity index (χ1n) is 14.5. The largest absolute Gasteiger partial charge is 0.293 e. The first-order valence-corrected chi connectivity index (χ1v) is 14.5. The summed E-state index contributed by atoms with van der Waals surface area (Å²) in [7, 11) is 0. The van der Waals surface area contributed by atoms with Crippen molar-refractivity contribution in [1.82, 2.24) is 5.43 Å². The topological polar surface area (TPSA) is 165 Å². The molecule has 2 bridgehead atoms. The fourth-order valence-corrected chi connectivity index (χ4v) is 7.42. The van der Waals surface area contributed by atoms with E-state index in [0.29, 0.717) is 11.1 Å². The molecule has 1 N–H and O–H groups in total. The number of imide groups is 1. The Morgan fingerprint density at radius 2 is 1.52 bits per heavy atom. The highest BCUT2D eigenvalue weighted by atomic mass is 16.6. The Morgan fingerprint density at radius 3 is 2.13 bits per heavy atom. The van der Waals surface area contributed by atoms with Crippen molar-refractivity contribution in [2.75, 3.05) is 4.90 Å². The molecule has 2 unspecified atom stereocenters. The van der Waals surface area contributed by atoms with Crippen molar-refractivity contribution in [3.63, 3.8) is 0 Å². The zero-order chi connectivity index (χ0) is 32.3. The first kappa shape index (κ1) is 28.7. The lowest BCUT2D eigenvalue weighted by Crippen LogP contribution is -2.54. The summed E-state index contributed by atoms with van der Waals surface area (Å²) in [5, 5.41) is 27.4. The van der Waals surface area contributed by atoms with Crippen LogP contribution in [-0.4, -0.2) is 33.8 Å². The van der Waals surface area contributed by atoms with E-state index in [1.54, 1.807) is 13.0 Å². The molecular formula is C34H25N5O7. The maximum atomic E-state index is 14.5. The van der Waals surface area contributed by atoms with Gasteiger partial charge in [0.1, 0.15) is 5.69 Å². The van der Waals surface area contributed by atoms with Gasteiger partial charge in [-0.2, -0.15) is 5.10 Å². The normalized spacial score (nSPS) is 22.4. The predicted octanol–water partition coefficient (Wildman–Crippen LogP) is 4.71. The lowest BCUT2D eigenvalue weighted by molar-refractivity contribution is -0.384. The number of rotatable bonds is 7. The molecular weight excluding hydrogens is 590 g/mol. The Hall–Kier alpha value is -6.04. The number of nitrogens with one attached hydrogen (secondary N) is 1. The third-order valence-electron chi connectivity index (χ3n) is 9.22. The minimum absolute atomic E-state index is 0.0870. The van der Waals surface area contributed by atoms with E-state index >= 15 is 0 Å². The molecule has 2 atom stereocenters. The number of hydrogen-bond donors (Lipinski definition) is 1. The molecule has 12 heteroatoms. The van der Waals surface area contributed by atoms with Crippen molar-refractivity contribution < 1.29 is 24.2 Å². The van der Waals surface area contributed by atoms with Crippen molar-refractivity contribution in [2.24, 2.45) is 16.9 Å². The van der Waals surface area contributed by atoms with Crippen molar-refractivity contribution in [1.29, 1.82) is 0 Å². The zero-order valence-electron chi connectivity index (χ0n) is 24.3. The summed E-state index contributed by atoms with van der Waals surface area (Å²) >= 11 is 0. The highest BCUT2D eigenvalue weighted by molar-refractivity contribution is 6.25. The van der Waals surface area contributed by atoms with Crippen LogP contribution < -0.4 is 10.3 Å². The fraction of sp³-hybridized carbons (Fsp3) is 0.176. The van der Waals surface area contributed by atoms with Crippen molar-refractivity contribution in [2.45, 2.75) is 24.7 Å². The summed E-state index contributed by atoms with van der Waals surface area (Å²) in [5.74, 6) is -3.95. The second kappa shape index (κ2) is 10.5. The van der Waals surface area contributed by atoms with E-state index < -0.39 is 50.7 Å². The SMILES string of the molecule is Cc1ccc(N2C(=O)C3C4c5ccccc5C(/C=N/NC(=O)Cc5ccc([N+](=O)[O-])cc5)(c5ccccc54)C3C2=O)c([N+](=O)[O-])c1. The van der Waals surface area contributed by atoms with E-state index in [2.05, 4.69) is 10.5 Å². The highest BCUT2D eigenvalue weighted by Crippen LogP contribution is 2.64. The Bertz CT molecular complexity index is 1980.